The van der Waals surface area contributed by atoms with Crippen LogP contribution < -0.4 is 0 Å². The van der Waals surface area contributed by atoms with Crippen LogP contribution in [-0.4, -0.2) is 14.7 Å². The SMILES string of the molecule is CCCOC(c1ccccc1)C(CC[Si](C(C)C)(C(C)C)C(C)C)(C1CCCCC1)C(C)(C)c1ccccc1. The topological polar surface area (TPSA) is 9.23 Å². The molecular weight excluding hydrogens is 488 g/mol. The van der Waals surface area contributed by atoms with Gasteiger partial charge in [0.05, 0.1) is 14.2 Å². The molecule has 0 spiro atoms. The van der Waals surface area contributed by atoms with Crippen molar-refractivity contribution in [2.24, 2.45) is 11.3 Å². The molecule has 2 aromatic rings. The van der Waals surface area contributed by atoms with E-state index in [1.807, 2.05) is 0 Å². The second-order valence-electron chi connectivity index (χ2n) is 14.1. The summed E-state index contributed by atoms with van der Waals surface area (Å²) < 4.78 is 7.17. The van der Waals surface area contributed by atoms with E-state index in [-0.39, 0.29) is 16.9 Å². The van der Waals surface area contributed by atoms with Crippen molar-refractivity contribution in [1.29, 1.82) is 0 Å². The lowest BCUT2D eigenvalue weighted by Crippen LogP contribution is -2.54. The third kappa shape index (κ3) is 6.43. The van der Waals surface area contributed by atoms with Gasteiger partial charge in [-0.2, -0.15) is 0 Å². The molecule has 2 aromatic carbocycles. The Labute approximate surface area is 243 Å². The zero-order chi connectivity index (χ0) is 28.7. The third-order valence-corrected chi connectivity index (χ3v) is 18.8. The van der Waals surface area contributed by atoms with Crippen LogP contribution >= 0.6 is 0 Å². The van der Waals surface area contributed by atoms with Gasteiger partial charge in [-0.15, -0.1) is 0 Å². The Kier molecular flexibility index (Phi) is 11.5. The standard InChI is InChI=1S/C37H60OSi/c1-10-27-38-35(32-20-14-11-15-21-32)37(34-24-18-13-19-25-34,36(8,9)33-22-16-12-17-23-33)26-28-39(29(2)3,30(4)5)31(6)7/h11-12,14-17,20-23,29-31,34-35H,10,13,18-19,24-28H2,1-9H3. The summed E-state index contributed by atoms with van der Waals surface area (Å²) in [6.45, 7) is 23.5. The van der Waals surface area contributed by atoms with E-state index in [0.29, 0.717) is 5.92 Å². The van der Waals surface area contributed by atoms with Gasteiger partial charge in [-0.3, -0.25) is 0 Å². The predicted molar refractivity (Wildman–Crippen MR) is 174 cm³/mol. The quantitative estimate of drug-likeness (QED) is 0.213. The molecule has 0 radical (unpaired) electrons. The van der Waals surface area contributed by atoms with E-state index in [2.05, 4.69) is 123 Å². The highest BCUT2D eigenvalue weighted by molar-refractivity contribution is 6.83. The van der Waals surface area contributed by atoms with E-state index in [9.17, 15) is 0 Å². The molecule has 1 fully saturated rings. The maximum atomic E-state index is 7.17. The van der Waals surface area contributed by atoms with E-state index in [1.54, 1.807) is 0 Å². The lowest BCUT2D eigenvalue weighted by Gasteiger charge is -2.59. The van der Waals surface area contributed by atoms with Crippen LogP contribution in [0.25, 0.3) is 0 Å². The van der Waals surface area contributed by atoms with Crippen LogP contribution in [0.3, 0.4) is 0 Å². The normalized spacial score (nSPS) is 18.1. The van der Waals surface area contributed by atoms with Crippen molar-refractivity contribution >= 4 is 8.07 Å². The number of hydrogen-bond donors (Lipinski definition) is 0. The van der Waals surface area contributed by atoms with E-state index >= 15 is 0 Å². The third-order valence-electron chi connectivity index (χ3n) is 11.2. The van der Waals surface area contributed by atoms with Gasteiger partial charge >= 0.3 is 0 Å². The van der Waals surface area contributed by atoms with E-state index in [1.165, 1.54) is 55.7 Å². The summed E-state index contributed by atoms with van der Waals surface area (Å²) in [4.78, 5) is 0. The highest BCUT2D eigenvalue weighted by atomic mass is 28.3. The van der Waals surface area contributed by atoms with Crippen molar-refractivity contribution in [3.63, 3.8) is 0 Å². The smallest absolute Gasteiger partial charge is 0.0891 e. The molecule has 39 heavy (non-hydrogen) atoms. The van der Waals surface area contributed by atoms with Crippen LogP contribution in [0.2, 0.25) is 22.7 Å². The fourth-order valence-corrected chi connectivity index (χ4v) is 15.7. The van der Waals surface area contributed by atoms with Crippen LogP contribution in [0, 0.1) is 11.3 Å². The van der Waals surface area contributed by atoms with Crippen molar-refractivity contribution in [3.05, 3.63) is 71.8 Å². The van der Waals surface area contributed by atoms with Gasteiger partial charge in [0.15, 0.2) is 0 Å². The van der Waals surface area contributed by atoms with Crippen LogP contribution in [0.15, 0.2) is 60.7 Å². The monoisotopic (exact) mass is 548 g/mol. The molecule has 1 aliphatic rings. The first kappa shape index (κ1) is 32.1. The minimum atomic E-state index is -1.61. The Balaban J connectivity index is 2.33. The van der Waals surface area contributed by atoms with Gasteiger partial charge in [-0.25, -0.2) is 0 Å². The average Bonchev–Trinajstić information content (AvgIpc) is 2.93. The molecule has 2 unspecified atom stereocenters. The van der Waals surface area contributed by atoms with Crippen molar-refractivity contribution in [1.82, 2.24) is 0 Å². The Bertz CT molecular complexity index is 936. The molecule has 3 rings (SSSR count). The van der Waals surface area contributed by atoms with E-state index in [0.717, 1.165) is 29.7 Å². The highest BCUT2D eigenvalue weighted by Crippen LogP contribution is 2.63. The van der Waals surface area contributed by atoms with Crippen molar-refractivity contribution in [2.45, 2.75) is 141 Å². The number of hydrogen-bond acceptors (Lipinski definition) is 1. The summed E-state index contributed by atoms with van der Waals surface area (Å²) in [5.41, 5.74) is 5.15. The predicted octanol–water partition coefficient (Wildman–Crippen LogP) is 11.8. The first-order valence-electron chi connectivity index (χ1n) is 16.3. The first-order chi connectivity index (χ1) is 18.6. The van der Waals surface area contributed by atoms with Gasteiger partial charge < -0.3 is 4.74 Å². The molecule has 2 atom stereocenters. The van der Waals surface area contributed by atoms with E-state index in [4.69, 9.17) is 4.74 Å². The molecule has 1 nitrogen and oxygen atoms in total. The van der Waals surface area contributed by atoms with Gasteiger partial charge in [-0.05, 0) is 48.1 Å². The fraction of sp³-hybridized carbons (Fsp3) is 0.676. The van der Waals surface area contributed by atoms with E-state index < -0.39 is 8.07 Å². The molecule has 0 bridgehead atoms. The summed E-state index contributed by atoms with van der Waals surface area (Å²) in [7, 11) is -1.61. The Morgan fingerprint density at radius 3 is 1.77 bits per heavy atom. The summed E-state index contributed by atoms with van der Waals surface area (Å²) >= 11 is 0. The largest absolute Gasteiger partial charge is 0.373 e. The van der Waals surface area contributed by atoms with Crippen LogP contribution in [0.5, 0.6) is 0 Å². The van der Waals surface area contributed by atoms with Gasteiger partial charge in [0.2, 0.25) is 0 Å². The zero-order valence-corrected chi connectivity index (χ0v) is 27.9. The lowest BCUT2D eigenvalue weighted by atomic mass is 9.49. The maximum absolute atomic E-state index is 7.17. The number of ether oxygens (including phenoxy) is 1. The molecule has 0 heterocycles. The van der Waals surface area contributed by atoms with Crippen LogP contribution in [-0.2, 0) is 10.2 Å². The molecule has 2 heteroatoms. The van der Waals surface area contributed by atoms with Crippen molar-refractivity contribution in [3.8, 4) is 0 Å². The minimum absolute atomic E-state index is 0.0161. The Hall–Kier alpha value is -1.38. The Morgan fingerprint density at radius 1 is 0.769 bits per heavy atom. The fourth-order valence-electron chi connectivity index (χ4n) is 9.14. The number of benzene rings is 2. The molecule has 0 saturated heterocycles. The zero-order valence-electron chi connectivity index (χ0n) is 26.9. The minimum Gasteiger partial charge on any atom is -0.373 e. The Morgan fingerprint density at radius 2 is 1.28 bits per heavy atom. The molecule has 1 saturated carbocycles. The van der Waals surface area contributed by atoms with Crippen LogP contribution in [0.4, 0.5) is 0 Å². The molecule has 0 aromatic heterocycles. The summed E-state index contributed by atoms with van der Waals surface area (Å²) in [5, 5.41) is 0. The van der Waals surface area contributed by atoms with Crippen molar-refractivity contribution in [2.75, 3.05) is 6.61 Å². The second-order valence-corrected chi connectivity index (χ2v) is 20.3. The van der Waals surface area contributed by atoms with Gasteiger partial charge in [0.25, 0.3) is 0 Å². The summed E-state index contributed by atoms with van der Waals surface area (Å²) in [6, 6.07) is 24.2. The summed E-state index contributed by atoms with van der Waals surface area (Å²) in [6.07, 6.45) is 9.15. The second kappa shape index (κ2) is 14.0. The lowest BCUT2D eigenvalue weighted by molar-refractivity contribution is -0.123. The van der Waals surface area contributed by atoms with Gasteiger partial charge in [0, 0.05) is 12.0 Å². The first-order valence-corrected chi connectivity index (χ1v) is 18.7. The maximum Gasteiger partial charge on any atom is 0.0891 e. The average molecular weight is 549 g/mol. The van der Waals surface area contributed by atoms with Crippen molar-refractivity contribution < 1.29 is 4.74 Å². The summed E-state index contributed by atoms with van der Waals surface area (Å²) in [5.74, 6) is 0.654. The molecule has 0 amide bonds. The van der Waals surface area contributed by atoms with Gasteiger partial charge in [-0.1, -0.05) is 165 Å². The molecular formula is C37H60OSi. The molecule has 218 valence electrons. The van der Waals surface area contributed by atoms with Gasteiger partial charge in [0.1, 0.15) is 0 Å². The molecule has 1 aliphatic carbocycles. The highest BCUT2D eigenvalue weighted by Gasteiger charge is 2.58. The molecule has 0 N–H and O–H groups in total. The number of rotatable bonds is 14. The molecule has 0 aliphatic heterocycles. The van der Waals surface area contributed by atoms with Crippen LogP contribution in [0.1, 0.15) is 124 Å².